The summed E-state index contributed by atoms with van der Waals surface area (Å²) in [5, 5.41) is 9.23. The number of hydrogen-bond acceptors (Lipinski definition) is 4. The maximum absolute atomic E-state index is 11.7. The molecule has 1 aliphatic carbocycles. The minimum absolute atomic E-state index is 0.0547. The Bertz CT molecular complexity index is 466. The van der Waals surface area contributed by atoms with E-state index in [9.17, 15) is 9.59 Å². The molecule has 2 rings (SSSR count). The lowest BCUT2D eigenvalue weighted by molar-refractivity contribution is -0.121. The maximum atomic E-state index is 11.7. The Morgan fingerprint density at radius 2 is 2.26 bits per heavy atom. The topological polar surface area (TPSA) is 102 Å². The lowest BCUT2D eigenvalue weighted by Crippen LogP contribution is -2.28. The average molecular weight is 265 g/mol. The fraction of sp³-hybridized carbons (Fsp3) is 0.583. The van der Waals surface area contributed by atoms with Crippen LogP contribution in [0.2, 0.25) is 0 Å². The van der Waals surface area contributed by atoms with Crippen molar-refractivity contribution in [2.45, 2.75) is 31.8 Å². The molecule has 0 bridgehead atoms. The van der Waals surface area contributed by atoms with Gasteiger partial charge in [0.15, 0.2) is 0 Å². The molecule has 1 unspecified atom stereocenters. The van der Waals surface area contributed by atoms with Crippen LogP contribution in [0.5, 0.6) is 0 Å². The second-order valence-corrected chi connectivity index (χ2v) is 4.85. The Hall–Kier alpha value is -1.89. The largest absolute Gasteiger partial charge is 0.358 e. The van der Waals surface area contributed by atoms with Crippen molar-refractivity contribution in [2.75, 3.05) is 12.4 Å². The van der Waals surface area contributed by atoms with Crippen LogP contribution in [0, 0.1) is 5.92 Å². The van der Waals surface area contributed by atoms with E-state index in [1.165, 1.54) is 10.9 Å². The van der Waals surface area contributed by atoms with Gasteiger partial charge in [0.1, 0.15) is 6.54 Å². The highest BCUT2D eigenvalue weighted by atomic mass is 16.2. The van der Waals surface area contributed by atoms with Crippen molar-refractivity contribution in [1.82, 2.24) is 15.1 Å². The third kappa shape index (κ3) is 4.06. The van der Waals surface area contributed by atoms with E-state index >= 15 is 0 Å². The Morgan fingerprint density at radius 1 is 1.53 bits per heavy atom. The van der Waals surface area contributed by atoms with E-state index in [0.717, 1.165) is 12.8 Å². The average Bonchev–Trinajstić information content (AvgIpc) is 3.13. The van der Waals surface area contributed by atoms with Crippen LogP contribution in [0.3, 0.4) is 0 Å². The second kappa shape index (κ2) is 5.83. The molecule has 0 radical (unpaired) electrons. The molecule has 7 nitrogen and oxygen atoms in total. The molecular weight excluding hydrogens is 246 g/mol. The summed E-state index contributed by atoms with van der Waals surface area (Å²) in [5.41, 5.74) is 6.47. The van der Waals surface area contributed by atoms with Crippen LogP contribution in [-0.4, -0.2) is 34.7 Å². The molecule has 0 aromatic carbocycles. The molecule has 1 aromatic rings. The van der Waals surface area contributed by atoms with Crippen LogP contribution in [0.1, 0.15) is 19.3 Å². The van der Waals surface area contributed by atoms with E-state index in [4.69, 9.17) is 5.73 Å². The van der Waals surface area contributed by atoms with Crippen molar-refractivity contribution in [3.05, 3.63) is 12.4 Å². The van der Waals surface area contributed by atoms with Crippen LogP contribution in [0.4, 0.5) is 5.69 Å². The molecule has 1 aromatic heterocycles. The molecule has 0 spiro atoms. The predicted octanol–water partition coefficient (Wildman–Crippen LogP) is -0.305. The predicted molar refractivity (Wildman–Crippen MR) is 70.2 cm³/mol. The summed E-state index contributed by atoms with van der Waals surface area (Å²) < 4.78 is 1.47. The van der Waals surface area contributed by atoms with Gasteiger partial charge in [-0.2, -0.15) is 5.10 Å². The van der Waals surface area contributed by atoms with Gasteiger partial charge < -0.3 is 16.4 Å². The summed E-state index contributed by atoms with van der Waals surface area (Å²) in [6, 6.07) is -0.0547. The van der Waals surface area contributed by atoms with Gasteiger partial charge in [0.2, 0.25) is 11.8 Å². The van der Waals surface area contributed by atoms with E-state index in [-0.39, 0.29) is 24.4 Å². The van der Waals surface area contributed by atoms with Crippen molar-refractivity contribution in [3.8, 4) is 0 Å². The summed E-state index contributed by atoms with van der Waals surface area (Å²) in [4.78, 5) is 22.9. The zero-order chi connectivity index (χ0) is 13.8. The number of likely N-dealkylation sites (N-methyl/N-ethyl adjacent to an activating group) is 1. The minimum Gasteiger partial charge on any atom is -0.358 e. The zero-order valence-electron chi connectivity index (χ0n) is 10.9. The molecule has 104 valence electrons. The quantitative estimate of drug-likeness (QED) is 0.657. The van der Waals surface area contributed by atoms with Gasteiger partial charge in [-0.15, -0.1) is 0 Å². The summed E-state index contributed by atoms with van der Waals surface area (Å²) in [6.07, 6.45) is 5.71. The summed E-state index contributed by atoms with van der Waals surface area (Å²) in [6.45, 7) is 0.133. The number of aromatic nitrogens is 2. The summed E-state index contributed by atoms with van der Waals surface area (Å²) >= 11 is 0. The van der Waals surface area contributed by atoms with E-state index in [0.29, 0.717) is 18.0 Å². The Morgan fingerprint density at radius 3 is 2.89 bits per heavy atom. The second-order valence-electron chi connectivity index (χ2n) is 4.85. The van der Waals surface area contributed by atoms with Crippen LogP contribution >= 0.6 is 0 Å². The van der Waals surface area contributed by atoms with Crippen LogP contribution in [0.25, 0.3) is 0 Å². The standard InChI is InChI=1S/C12H19N5O2/c1-14-12(19)7-17-6-9(5-15-17)16-11(18)4-10(13)8-2-3-8/h5-6,8,10H,2-4,7,13H2,1H3,(H,14,19)(H,16,18). The highest BCUT2D eigenvalue weighted by molar-refractivity contribution is 5.90. The van der Waals surface area contributed by atoms with E-state index in [2.05, 4.69) is 15.7 Å². The highest BCUT2D eigenvalue weighted by Gasteiger charge is 2.29. The Kier molecular flexibility index (Phi) is 4.16. The van der Waals surface area contributed by atoms with Crippen LogP contribution in [0.15, 0.2) is 12.4 Å². The van der Waals surface area contributed by atoms with Gasteiger partial charge in [-0.1, -0.05) is 0 Å². The number of carbonyl (C=O) groups is 2. The van der Waals surface area contributed by atoms with E-state index in [1.54, 1.807) is 13.2 Å². The Labute approximate surface area is 111 Å². The number of rotatable bonds is 6. The van der Waals surface area contributed by atoms with Gasteiger partial charge in [-0.05, 0) is 18.8 Å². The monoisotopic (exact) mass is 265 g/mol. The normalized spacial score (nSPS) is 15.9. The number of anilines is 1. The highest BCUT2D eigenvalue weighted by Crippen LogP contribution is 2.32. The van der Waals surface area contributed by atoms with Gasteiger partial charge in [0.25, 0.3) is 0 Å². The van der Waals surface area contributed by atoms with Gasteiger partial charge in [0.05, 0.1) is 11.9 Å². The Balaban J connectivity index is 1.81. The summed E-state index contributed by atoms with van der Waals surface area (Å²) in [7, 11) is 1.56. The fourth-order valence-electron chi connectivity index (χ4n) is 1.86. The van der Waals surface area contributed by atoms with E-state index in [1.807, 2.05) is 0 Å². The first-order chi connectivity index (χ1) is 9.08. The number of nitrogens with one attached hydrogen (secondary N) is 2. The first kappa shape index (κ1) is 13.5. The molecule has 2 amide bonds. The molecule has 1 atom stereocenters. The zero-order valence-corrected chi connectivity index (χ0v) is 10.9. The molecule has 0 aliphatic heterocycles. The van der Waals surface area contributed by atoms with Crippen molar-refractivity contribution < 1.29 is 9.59 Å². The molecule has 4 N–H and O–H groups in total. The minimum atomic E-state index is -0.142. The lowest BCUT2D eigenvalue weighted by Gasteiger charge is -2.09. The molecule has 1 saturated carbocycles. The smallest absolute Gasteiger partial charge is 0.241 e. The molecule has 1 aliphatic rings. The molecular formula is C12H19N5O2. The maximum Gasteiger partial charge on any atom is 0.241 e. The third-order valence-electron chi connectivity index (χ3n) is 3.15. The number of amides is 2. The van der Waals surface area contributed by atoms with E-state index < -0.39 is 0 Å². The fourth-order valence-corrected chi connectivity index (χ4v) is 1.86. The SMILES string of the molecule is CNC(=O)Cn1cc(NC(=O)CC(N)C2CC2)cn1. The van der Waals surface area contributed by atoms with Gasteiger partial charge in [-0.3, -0.25) is 14.3 Å². The lowest BCUT2D eigenvalue weighted by atomic mass is 10.1. The first-order valence-electron chi connectivity index (χ1n) is 6.37. The van der Waals surface area contributed by atoms with Crippen LogP contribution < -0.4 is 16.4 Å². The molecule has 1 fully saturated rings. The number of nitrogens with two attached hydrogens (primary N) is 1. The van der Waals surface area contributed by atoms with Gasteiger partial charge in [0, 0.05) is 25.7 Å². The van der Waals surface area contributed by atoms with Crippen molar-refractivity contribution in [1.29, 1.82) is 0 Å². The molecule has 0 saturated heterocycles. The molecule has 1 heterocycles. The van der Waals surface area contributed by atoms with Gasteiger partial charge in [-0.25, -0.2) is 0 Å². The molecule has 19 heavy (non-hydrogen) atoms. The van der Waals surface area contributed by atoms with Crippen molar-refractivity contribution in [3.63, 3.8) is 0 Å². The number of hydrogen-bond donors (Lipinski definition) is 3. The first-order valence-corrected chi connectivity index (χ1v) is 6.37. The van der Waals surface area contributed by atoms with Crippen molar-refractivity contribution in [2.24, 2.45) is 11.7 Å². The third-order valence-corrected chi connectivity index (χ3v) is 3.15. The summed E-state index contributed by atoms with van der Waals surface area (Å²) in [5.74, 6) is 0.248. The van der Waals surface area contributed by atoms with Crippen LogP contribution in [-0.2, 0) is 16.1 Å². The number of nitrogens with zero attached hydrogens (tertiary/aromatic N) is 2. The van der Waals surface area contributed by atoms with Crippen molar-refractivity contribution >= 4 is 17.5 Å². The molecule has 7 heteroatoms. The number of carbonyl (C=O) groups excluding carboxylic acids is 2. The van der Waals surface area contributed by atoms with Gasteiger partial charge >= 0.3 is 0 Å².